The largest absolute Gasteiger partial charge is 0.403 e. The summed E-state index contributed by atoms with van der Waals surface area (Å²) in [6.45, 7) is 4.70. The lowest BCUT2D eigenvalue weighted by molar-refractivity contribution is 0.157. The van der Waals surface area contributed by atoms with Gasteiger partial charge in [-0.25, -0.2) is 9.24 Å². The Hall–Kier alpha value is 0.110. The van der Waals surface area contributed by atoms with Gasteiger partial charge < -0.3 is 9.79 Å². The predicted octanol–water partition coefficient (Wildman–Crippen LogP) is 2.51. The van der Waals surface area contributed by atoms with Crippen molar-refractivity contribution in [3.05, 3.63) is 0 Å². The van der Waals surface area contributed by atoms with Crippen molar-refractivity contribution in [2.75, 3.05) is 6.54 Å². The molecule has 0 aromatic heterocycles. The Morgan fingerprint density at radius 2 is 1.80 bits per heavy atom. The number of rotatable bonds is 5. The van der Waals surface area contributed by atoms with Crippen molar-refractivity contribution < 1.29 is 14.4 Å². The third-order valence-corrected chi connectivity index (χ3v) is 4.56. The molecule has 0 unspecified atom stereocenters. The molecule has 0 aromatic carbocycles. The topological polar surface area (TPSA) is 60.8 Å². The normalized spacial score (nSPS) is 22.1. The highest BCUT2D eigenvalue weighted by atomic mass is 31.2. The molecule has 0 aliphatic carbocycles. The molecule has 90 valence electrons. The van der Waals surface area contributed by atoms with Crippen LogP contribution in [0.15, 0.2) is 0 Å². The van der Waals surface area contributed by atoms with Crippen LogP contribution in [0.2, 0.25) is 0 Å². The van der Waals surface area contributed by atoms with E-state index < -0.39 is 7.75 Å². The van der Waals surface area contributed by atoms with Crippen LogP contribution >= 0.6 is 7.75 Å². The Bertz CT molecular complexity index is 245. The molecule has 1 saturated heterocycles. The van der Waals surface area contributed by atoms with Gasteiger partial charge in [-0.1, -0.05) is 26.7 Å². The van der Waals surface area contributed by atoms with E-state index in [0.29, 0.717) is 6.54 Å². The third kappa shape index (κ3) is 2.82. The minimum atomic E-state index is -4.06. The van der Waals surface area contributed by atoms with E-state index in [1.54, 1.807) is 0 Å². The molecule has 0 aromatic rings. The van der Waals surface area contributed by atoms with Crippen LogP contribution in [0.25, 0.3) is 0 Å². The SMILES string of the molecule is CCCC1(CCC)CCCN1P(=O)(O)O. The van der Waals surface area contributed by atoms with Crippen LogP contribution in [-0.4, -0.2) is 26.5 Å². The quantitative estimate of drug-likeness (QED) is 0.719. The van der Waals surface area contributed by atoms with Crippen LogP contribution < -0.4 is 0 Å². The van der Waals surface area contributed by atoms with E-state index >= 15 is 0 Å². The van der Waals surface area contributed by atoms with Gasteiger partial charge in [0, 0.05) is 12.1 Å². The van der Waals surface area contributed by atoms with Gasteiger partial charge in [-0.2, -0.15) is 0 Å². The molecule has 0 bridgehead atoms. The van der Waals surface area contributed by atoms with Crippen molar-refractivity contribution >= 4 is 7.75 Å². The summed E-state index contributed by atoms with van der Waals surface area (Å²) in [5.41, 5.74) is -0.234. The highest BCUT2D eigenvalue weighted by Gasteiger charge is 2.47. The predicted molar refractivity (Wildman–Crippen MR) is 60.5 cm³/mol. The maximum Gasteiger partial charge on any atom is 0.403 e. The molecule has 2 N–H and O–H groups in total. The summed E-state index contributed by atoms with van der Waals surface area (Å²) in [5.74, 6) is 0. The second-order valence-electron chi connectivity index (χ2n) is 4.46. The Kier molecular flexibility index (Phi) is 4.36. The van der Waals surface area contributed by atoms with Gasteiger partial charge in [-0.15, -0.1) is 0 Å². The molecule has 0 saturated carbocycles. The standard InChI is InChI=1S/C10H22NO3P/c1-3-6-10(7-4-2)8-5-9-11(10)15(12,13)14/h3-9H2,1-2H3,(H2,12,13,14). The molecule has 0 atom stereocenters. The zero-order valence-electron chi connectivity index (χ0n) is 9.65. The van der Waals surface area contributed by atoms with Gasteiger partial charge in [-0.05, 0) is 25.7 Å². The maximum absolute atomic E-state index is 11.4. The monoisotopic (exact) mass is 235 g/mol. The molecule has 1 aliphatic heterocycles. The fourth-order valence-corrected chi connectivity index (χ4v) is 4.15. The van der Waals surface area contributed by atoms with E-state index in [-0.39, 0.29) is 5.54 Å². The Morgan fingerprint density at radius 3 is 2.20 bits per heavy atom. The molecule has 4 nitrogen and oxygen atoms in total. The maximum atomic E-state index is 11.4. The number of hydrogen-bond donors (Lipinski definition) is 2. The lowest BCUT2D eigenvalue weighted by Gasteiger charge is -2.38. The van der Waals surface area contributed by atoms with Gasteiger partial charge in [0.05, 0.1) is 0 Å². The molecular weight excluding hydrogens is 213 g/mol. The third-order valence-electron chi connectivity index (χ3n) is 3.30. The number of hydrogen-bond acceptors (Lipinski definition) is 1. The van der Waals surface area contributed by atoms with Crippen molar-refractivity contribution in [1.29, 1.82) is 0 Å². The second kappa shape index (κ2) is 4.96. The smallest absolute Gasteiger partial charge is 0.312 e. The molecule has 15 heavy (non-hydrogen) atoms. The first-order valence-corrected chi connectivity index (χ1v) is 7.36. The Morgan fingerprint density at radius 1 is 1.27 bits per heavy atom. The minimum Gasteiger partial charge on any atom is -0.312 e. The van der Waals surface area contributed by atoms with Gasteiger partial charge in [0.25, 0.3) is 0 Å². The summed E-state index contributed by atoms with van der Waals surface area (Å²) >= 11 is 0. The van der Waals surface area contributed by atoms with E-state index in [2.05, 4.69) is 13.8 Å². The van der Waals surface area contributed by atoms with E-state index in [4.69, 9.17) is 0 Å². The van der Waals surface area contributed by atoms with Gasteiger partial charge in [0.15, 0.2) is 0 Å². The van der Waals surface area contributed by atoms with Crippen molar-refractivity contribution in [1.82, 2.24) is 4.67 Å². The average molecular weight is 235 g/mol. The summed E-state index contributed by atoms with van der Waals surface area (Å²) in [6.07, 6.45) is 5.59. The van der Waals surface area contributed by atoms with Crippen LogP contribution in [0, 0.1) is 0 Å². The average Bonchev–Trinajstić information content (AvgIpc) is 2.49. The zero-order chi connectivity index (χ0) is 11.5. The van der Waals surface area contributed by atoms with Crippen LogP contribution in [0.3, 0.4) is 0 Å². The zero-order valence-corrected chi connectivity index (χ0v) is 10.5. The highest BCUT2D eigenvalue weighted by Crippen LogP contribution is 2.53. The van der Waals surface area contributed by atoms with Crippen LogP contribution in [0.5, 0.6) is 0 Å². The van der Waals surface area contributed by atoms with Gasteiger partial charge in [0.1, 0.15) is 0 Å². The number of nitrogens with zero attached hydrogens (tertiary/aromatic N) is 1. The molecule has 0 spiro atoms. The van der Waals surface area contributed by atoms with Crippen molar-refractivity contribution in [2.45, 2.75) is 57.9 Å². The summed E-state index contributed by atoms with van der Waals surface area (Å²) in [6, 6.07) is 0. The molecule has 1 rings (SSSR count). The van der Waals surface area contributed by atoms with Crippen molar-refractivity contribution in [2.24, 2.45) is 0 Å². The summed E-state index contributed by atoms with van der Waals surface area (Å²) in [4.78, 5) is 18.7. The van der Waals surface area contributed by atoms with Crippen LogP contribution in [0.4, 0.5) is 0 Å². The van der Waals surface area contributed by atoms with Gasteiger partial charge >= 0.3 is 7.75 Å². The lowest BCUT2D eigenvalue weighted by Crippen LogP contribution is -2.41. The summed E-state index contributed by atoms with van der Waals surface area (Å²) in [7, 11) is -4.06. The van der Waals surface area contributed by atoms with Gasteiger partial charge in [-0.3, -0.25) is 0 Å². The molecule has 0 radical (unpaired) electrons. The first-order chi connectivity index (χ1) is 6.96. The first-order valence-electron chi connectivity index (χ1n) is 5.80. The highest BCUT2D eigenvalue weighted by molar-refractivity contribution is 7.49. The minimum absolute atomic E-state index is 0.234. The molecule has 1 fully saturated rings. The molecule has 0 amide bonds. The Balaban J connectivity index is 2.89. The fraction of sp³-hybridized carbons (Fsp3) is 1.00. The van der Waals surface area contributed by atoms with Crippen LogP contribution in [0.1, 0.15) is 52.4 Å². The second-order valence-corrected chi connectivity index (χ2v) is 5.97. The Labute approximate surface area is 91.9 Å². The van der Waals surface area contributed by atoms with E-state index in [1.165, 1.54) is 4.67 Å². The van der Waals surface area contributed by atoms with Gasteiger partial charge in [0.2, 0.25) is 0 Å². The molecule has 1 aliphatic rings. The van der Waals surface area contributed by atoms with E-state index in [0.717, 1.165) is 38.5 Å². The molecule has 5 heteroatoms. The lowest BCUT2D eigenvalue weighted by atomic mass is 9.87. The van der Waals surface area contributed by atoms with E-state index in [9.17, 15) is 14.4 Å². The first kappa shape index (κ1) is 13.2. The van der Waals surface area contributed by atoms with E-state index in [1.807, 2.05) is 0 Å². The van der Waals surface area contributed by atoms with Crippen LogP contribution in [-0.2, 0) is 4.57 Å². The molecular formula is C10H22NO3P. The van der Waals surface area contributed by atoms with Crippen molar-refractivity contribution in [3.8, 4) is 0 Å². The summed E-state index contributed by atoms with van der Waals surface area (Å²) in [5, 5.41) is 0. The van der Waals surface area contributed by atoms with Crippen molar-refractivity contribution in [3.63, 3.8) is 0 Å². The summed E-state index contributed by atoms with van der Waals surface area (Å²) < 4.78 is 12.9. The fourth-order valence-electron chi connectivity index (χ4n) is 2.89. The molecule has 1 heterocycles.